The van der Waals surface area contributed by atoms with Crippen LogP contribution in [0.15, 0.2) is 84.0 Å². The molecule has 0 unspecified atom stereocenters. The summed E-state index contributed by atoms with van der Waals surface area (Å²) in [6, 6.07) is 25.4. The number of ether oxygens (including phenoxy) is 1. The molecule has 1 aliphatic carbocycles. The topological polar surface area (TPSA) is 87.0 Å². The number of rotatable bonds is 15. The van der Waals surface area contributed by atoms with Gasteiger partial charge in [-0.3, -0.25) is 0 Å². The van der Waals surface area contributed by atoms with Crippen molar-refractivity contribution in [2.75, 3.05) is 17.7 Å². The van der Waals surface area contributed by atoms with Crippen LogP contribution < -0.4 is 15.7 Å². The van der Waals surface area contributed by atoms with E-state index in [0.29, 0.717) is 28.7 Å². The number of nitrogens with one attached hydrogen (secondary N) is 1. The minimum atomic E-state index is -2.83. The average molecular weight is 757 g/mol. The molecule has 0 amide bonds. The second kappa shape index (κ2) is 15.9. The molecule has 1 saturated heterocycles. The molecule has 2 fully saturated rings. The summed E-state index contributed by atoms with van der Waals surface area (Å²) in [4.78, 5) is 9.94. The lowest BCUT2D eigenvalue weighted by Crippen LogP contribution is -2.67. The van der Waals surface area contributed by atoms with Crippen molar-refractivity contribution in [1.82, 2.24) is 25.0 Å². The Balaban J connectivity index is 1.23. The highest BCUT2D eigenvalue weighted by atomic mass is 32.2. The van der Waals surface area contributed by atoms with E-state index in [1.54, 1.807) is 17.8 Å². The molecule has 3 aromatic carbocycles. The molecule has 12 heteroatoms. The van der Waals surface area contributed by atoms with Crippen molar-refractivity contribution >= 4 is 47.4 Å². The van der Waals surface area contributed by atoms with Crippen molar-refractivity contribution < 1.29 is 17.9 Å². The van der Waals surface area contributed by atoms with Gasteiger partial charge in [-0.1, -0.05) is 131 Å². The molecule has 280 valence electrons. The molecule has 1 saturated carbocycles. The fraction of sp³-hybridized carbons (Fsp3) is 0.463. The Morgan fingerprint density at radius 3 is 2.28 bits per heavy atom. The number of nitrogens with zero attached hydrogens (tertiary/aromatic N) is 5. The lowest BCUT2D eigenvalue weighted by Gasteiger charge is -2.43. The van der Waals surface area contributed by atoms with Crippen molar-refractivity contribution in [3.8, 4) is 0 Å². The lowest BCUT2D eigenvalue weighted by atomic mass is 10.0. The molecule has 8 nitrogen and oxygen atoms in total. The molecule has 0 radical (unpaired) electrons. The second-order valence-corrected chi connectivity index (χ2v) is 20.8. The van der Waals surface area contributed by atoms with Gasteiger partial charge in [0.25, 0.3) is 8.32 Å². The van der Waals surface area contributed by atoms with Crippen LogP contribution in [0.2, 0.25) is 5.04 Å². The Morgan fingerprint density at radius 1 is 0.925 bits per heavy atom. The first-order valence-corrected chi connectivity index (χ1v) is 21.9. The largest absolute Gasteiger partial charge is 0.405 e. The van der Waals surface area contributed by atoms with Crippen molar-refractivity contribution in [3.63, 3.8) is 0 Å². The van der Waals surface area contributed by atoms with E-state index < -0.39 is 20.0 Å². The van der Waals surface area contributed by atoms with E-state index in [4.69, 9.17) is 24.3 Å². The molecule has 53 heavy (non-hydrogen) atoms. The van der Waals surface area contributed by atoms with Crippen LogP contribution in [0.1, 0.15) is 90.7 Å². The number of hydrogen-bond donors (Lipinski definition) is 1. The van der Waals surface area contributed by atoms with Crippen molar-refractivity contribution in [1.29, 1.82) is 0 Å². The number of thioether (sulfide) groups is 1. The van der Waals surface area contributed by atoms with E-state index in [1.807, 2.05) is 4.68 Å². The number of fused-ring (bicyclic) bond motifs is 1. The molecule has 7 rings (SSSR count). The Hall–Kier alpha value is -3.71. The van der Waals surface area contributed by atoms with Gasteiger partial charge in [0, 0.05) is 17.7 Å². The SMILES string of the molecule is CCCC[C@H]1C[C@@H](n2nnc3c(N[C@@H]4C[C@H]4c4ccc(F)c(F)c4)nc(SCCC)nc32)[C@H](CO[Si](c2ccccc2)(c2ccccc2)C(C)(C)C)O1. The van der Waals surface area contributed by atoms with Gasteiger partial charge in [-0.2, -0.15) is 0 Å². The molecule has 1 N–H and O–H groups in total. The number of hydrogen-bond acceptors (Lipinski definition) is 8. The summed E-state index contributed by atoms with van der Waals surface area (Å²) in [6.07, 6.45) is 5.44. The molecule has 0 spiro atoms. The summed E-state index contributed by atoms with van der Waals surface area (Å²) in [6.45, 7) is 11.6. The average Bonchev–Trinajstić information content (AvgIpc) is 3.60. The maximum atomic E-state index is 14.1. The predicted octanol–water partition coefficient (Wildman–Crippen LogP) is 8.44. The Labute approximate surface area is 316 Å². The number of halogens is 2. The van der Waals surface area contributed by atoms with E-state index in [9.17, 15) is 8.78 Å². The summed E-state index contributed by atoms with van der Waals surface area (Å²) in [5, 5.41) is 15.9. The zero-order chi connectivity index (χ0) is 37.2. The normalized spacial score (nSPS) is 21.7. The van der Waals surface area contributed by atoms with Gasteiger partial charge in [0.15, 0.2) is 33.8 Å². The van der Waals surface area contributed by atoms with Crippen LogP contribution in [0.4, 0.5) is 14.6 Å². The summed E-state index contributed by atoms with van der Waals surface area (Å²) < 4.78 is 44.0. The summed E-state index contributed by atoms with van der Waals surface area (Å²) in [5.41, 5.74) is 2.01. The van der Waals surface area contributed by atoms with Crippen LogP contribution >= 0.6 is 11.8 Å². The zero-order valence-corrected chi connectivity index (χ0v) is 33.1. The van der Waals surface area contributed by atoms with Crippen LogP contribution in [0.5, 0.6) is 0 Å². The van der Waals surface area contributed by atoms with E-state index >= 15 is 0 Å². The summed E-state index contributed by atoms with van der Waals surface area (Å²) in [5.74, 6) is -0.149. The molecule has 5 atom stereocenters. The van der Waals surface area contributed by atoms with Crippen LogP contribution in [-0.4, -0.2) is 63.9 Å². The Morgan fingerprint density at radius 2 is 1.64 bits per heavy atom. The minimum Gasteiger partial charge on any atom is -0.405 e. The molecule has 5 aromatic rings. The Bertz CT molecular complexity index is 1960. The van der Waals surface area contributed by atoms with E-state index in [0.717, 1.165) is 49.8 Å². The molecule has 1 aliphatic heterocycles. The highest BCUT2D eigenvalue weighted by Gasteiger charge is 2.51. The zero-order valence-electron chi connectivity index (χ0n) is 31.3. The van der Waals surface area contributed by atoms with Gasteiger partial charge in [0.05, 0.1) is 18.8 Å². The third kappa shape index (κ3) is 7.78. The summed E-state index contributed by atoms with van der Waals surface area (Å²) in [7, 11) is -2.83. The van der Waals surface area contributed by atoms with Gasteiger partial charge in [0.2, 0.25) is 0 Å². The maximum Gasteiger partial charge on any atom is 0.261 e. The molecule has 0 bridgehead atoms. The summed E-state index contributed by atoms with van der Waals surface area (Å²) >= 11 is 1.60. The van der Waals surface area contributed by atoms with Gasteiger partial charge in [-0.15, -0.1) is 5.10 Å². The number of anilines is 1. The fourth-order valence-corrected chi connectivity index (χ4v) is 13.1. The molecular formula is C41H50F2N6O2SSi. The predicted molar refractivity (Wildman–Crippen MR) is 211 cm³/mol. The quantitative estimate of drug-likeness (QED) is 0.0648. The highest BCUT2D eigenvalue weighted by molar-refractivity contribution is 7.99. The fourth-order valence-electron chi connectivity index (χ4n) is 7.84. The van der Waals surface area contributed by atoms with E-state index in [2.05, 4.69) is 106 Å². The number of unbranched alkanes of at least 4 members (excludes halogenated alkanes) is 1. The van der Waals surface area contributed by atoms with Crippen molar-refractivity contribution in [2.45, 2.75) is 114 Å². The number of benzene rings is 3. The van der Waals surface area contributed by atoms with Crippen molar-refractivity contribution in [3.05, 3.63) is 96.1 Å². The monoisotopic (exact) mass is 756 g/mol. The maximum absolute atomic E-state index is 14.1. The molecule has 2 aliphatic rings. The standard InChI is InChI=1S/C41H50F2N6O2SSi/c1-6-8-15-28-24-35(36(51-28)26-50-53(41(3,4)5,29-16-11-9-12-17-29)30-18-13-10-14-19-30)49-39-37(47-48-49)38(45-40(46-39)52-22-7-2)44-34-25-31(34)27-20-21-32(42)33(43)23-27/h9-14,16-21,23,28,31,34-36H,6-8,15,22,24-26H2,1-5H3,(H,44,45,46)/t28-,31-,34+,35+,36-/m0/s1. The van der Waals surface area contributed by atoms with Crippen LogP contribution in [0.3, 0.4) is 0 Å². The number of aromatic nitrogens is 5. The highest BCUT2D eigenvalue weighted by Crippen LogP contribution is 2.44. The van der Waals surface area contributed by atoms with Crippen LogP contribution in [0.25, 0.3) is 11.2 Å². The first kappa shape index (κ1) is 37.6. The van der Waals surface area contributed by atoms with Gasteiger partial charge in [0.1, 0.15) is 6.10 Å². The van der Waals surface area contributed by atoms with E-state index in [1.165, 1.54) is 22.5 Å². The van der Waals surface area contributed by atoms with Gasteiger partial charge >= 0.3 is 0 Å². The molecular weight excluding hydrogens is 707 g/mol. The van der Waals surface area contributed by atoms with Crippen LogP contribution in [-0.2, 0) is 9.16 Å². The third-order valence-electron chi connectivity index (χ3n) is 10.6. The first-order valence-electron chi connectivity index (χ1n) is 19.0. The van der Waals surface area contributed by atoms with E-state index in [-0.39, 0.29) is 35.2 Å². The molecule has 2 aromatic heterocycles. The lowest BCUT2D eigenvalue weighted by molar-refractivity contribution is 0.000868. The second-order valence-electron chi connectivity index (χ2n) is 15.4. The minimum absolute atomic E-state index is 0.00739. The van der Waals surface area contributed by atoms with Crippen LogP contribution in [0, 0.1) is 11.6 Å². The molecule has 3 heterocycles. The van der Waals surface area contributed by atoms with Gasteiger partial charge < -0.3 is 14.5 Å². The first-order chi connectivity index (χ1) is 25.6. The van der Waals surface area contributed by atoms with Crippen molar-refractivity contribution in [2.24, 2.45) is 0 Å². The third-order valence-corrected chi connectivity index (χ3v) is 16.7. The van der Waals surface area contributed by atoms with Gasteiger partial charge in [-0.05, 0) is 58.8 Å². The van der Waals surface area contributed by atoms with Gasteiger partial charge in [-0.25, -0.2) is 23.4 Å². The Kier molecular flexibility index (Phi) is 11.3. The smallest absolute Gasteiger partial charge is 0.261 e.